The van der Waals surface area contributed by atoms with Crippen molar-refractivity contribution >= 4 is 11.7 Å². The number of carbonyl (C=O) groups is 1. The zero-order valence-electron chi connectivity index (χ0n) is 10.7. The molecule has 0 aliphatic carbocycles. The van der Waals surface area contributed by atoms with Crippen molar-refractivity contribution in [2.45, 2.75) is 25.3 Å². The molecule has 1 aliphatic heterocycles. The summed E-state index contributed by atoms with van der Waals surface area (Å²) in [6, 6.07) is 4.06. The largest absolute Gasteiger partial charge is 0.338 e. The summed E-state index contributed by atoms with van der Waals surface area (Å²) < 4.78 is 0. The maximum atomic E-state index is 11.6. The van der Waals surface area contributed by atoms with Crippen LogP contribution in [0.1, 0.15) is 19.3 Å². The summed E-state index contributed by atoms with van der Waals surface area (Å²) in [4.78, 5) is 17.9. The lowest BCUT2D eigenvalue weighted by Crippen LogP contribution is -2.34. The van der Waals surface area contributed by atoms with Crippen molar-refractivity contribution in [1.29, 1.82) is 0 Å². The molecule has 2 N–H and O–H groups in total. The number of nitrogens with zero attached hydrogens (tertiary/aromatic N) is 2. The molecule has 5 nitrogen and oxygen atoms in total. The van der Waals surface area contributed by atoms with Gasteiger partial charge < -0.3 is 15.5 Å². The zero-order valence-corrected chi connectivity index (χ0v) is 10.7. The second-order valence-corrected chi connectivity index (χ2v) is 4.69. The number of aromatic nitrogens is 1. The molecule has 1 fully saturated rings. The lowest BCUT2D eigenvalue weighted by molar-refractivity contribution is 0.248. The van der Waals surface area contributed by atoms with Crippen molar-refractivity contribution in [2.75, 3.05) is 25.5 Å². The smallest absolute Gasteiger partial charge is 0.319 e. The average molecular weight is 248 g/mol. The highest BCUT2D eigenvalue weighted by Crippen LogP contribution is 2.16. The summed E-state index contributed by atoms with van der Waals surface area (Å²) in [5.74, 6) is 0. The Morgan fingerprint density at radius 2 is 2.50 bits per heavy atom. The fourth-order valence-corrected chi connectivity index (χ4v) is 2.31. The van der Waals surface area contributed by atoms with Crippen molar-refractivity contribution in [3.8, 4) is 0 Å². The first-order chi connectivity index (χ1) is 8.75. The number of amides is 2. The summed E-state index contributed by atoms with van der Waals surface area (Å²) in [5, 5.41) is 5.63. The van der Waals surface area contributed by atoms with E-state index in [1.807, 2.05) is 6.07 Å². The van der Waals surface area contributed by atoms with Crippen molar-refractivity contribution in [2.24, 2.45) is 0 Å². The molecule has 18 heavy (non-hydrogen) atoms. The fraction of sp³-hybridized carbons (Fsp3) is 0.538. The van der Waals surface area contributed by atoms with Gasteiger partial charge in [0.2, 0.25) is 0 Å². The minimum atomic E-state index is -0.163. The van der Waals surface area contributed by atoms with Crippen molar-refractivity contribution in [3.05, 3.63) is 24.5 Å². The molecule has 1 aromatic heterocycles. The number of pyridine rings is 1. The Balaban J connectivity index is 1.66. The van der Waals surface area contributed by atoms with Gasteiger partial charge in [-0.1, -0.05) is 0 Å². The van der Waals surface area contributed by atoms with Crippen LogP contribution in [0, 0.1) is 0 Å². The normalized spacial score (nSPS) is 19.7. The third-order valence-electron chi connectivity index (χ3n) is 3.35. The molecule has 2 amide bonds. The van der Waals surface area contributed by atoms with Crippen molar-refractivity contribution in [1.82, 2.24) is 15.2 Å². The van der Waals surface area contributed by atoms with Gasteiger partial charge in [0.25, 0.3) is 0 Å². The minimum Gasteiger partial charge on any atom is -0.338 e. The number of carbonyl (C=O) groups excluding carboxylic acids is 1. The van der Waals surface area contributed by atoms with E-state index in [2.05, 4.69) is 27.6 Å². The summed E-state index contributed by atoms with van der Waals surface area (Å²) >= 11 is 0. The first-order valence-electron chi connectivity index (χ1n) is 6.41. The third kappa shape index (κ3) is 3.70. The van der Waals surface area contributed by atoms with Crippen LogP contribution in [0.5, 0.6) is 0 Å². The van der Waals surface area contributed by atoms with Gasteiger partial charge in [0.15, 0.2) is 0 Å². The van der Waals surface area contributed by atoms with E-state index in [4.69, 9.17) is 0 Å². The van der Waals surface area contributed by atoms with Crippen LogP contribution in [-0.4, -0.2) is 42.1 Å². The summed E-state index contributed by atoms with van der Waals surface area (Å²) in [6.07, 6.45) is 6.83. The van der Waals surface area contributed by atoms with Gasteiger partial charge in [-0.05, 0) is 45.0 Å². The molecule has 5 heteroatoms. The van der Waals surface area contributed by atoms with Gasteiger partial charge in [-0.25, -0.2) is 4.79 Å². The number of hydrogen-bond donors (Lipinski definition) is 2. The summed E-state index contributed by atoms with van der Waals surface area (Å²) in [5.41, 5.74) is 0.716. The van der Waals surface area contributed by atoms with Gasteiger partial charge in [-0.15, -0.1) is 0 Å². The van der Waals surface area contributed by atoms with Gasteiger partial charge >= 0.3 is 6.03 Å². The van der Waals surface area contributed by atoms with Crippen LogP contribution in [-0.2, 0) is 0 Å². The predicted octanol–water partition coefficient (Wildman–Crippen LogP) is 1.69. The van der Waals surface area contributed by atoms with Crippen LogP contribution in [0.3, 0.4) is 0 Å². The number of rotatable bonds is 4. The lowest BCUT2D eigenvalue weighted by Gasteiger charge is -2.19. The molecule has 0 saturated carbocycles. The topological polar surface area (TPSA) is 57.3 Å². The Labute approximate surface area is 108 Å². The Hall–Kier alpha value is -1.62. The molecule has 1 unspecified atom stereocenters. The Bertz CT molecular complexity index is 382. The van der Waals surface area contributed by atoms with E-state index < -0.39 is 0 Å². The number of urea groups is 1. The van der Waals surface area contributed by atoms with Crippen LogP contribution in [0.25, 0.3) is 0 Å². The molecular formula is C13H20N4O. The summed E-state index contributed by atoms with van der Waals surface area (Å²) in [6.45, 7) is 1.88. The second kappa shape index (κ2) is 6.35. The first kappa shape index (κ1) is 12.8. The molecular weight excluding hydrogens is 228 g/mol. The highest BCUT2D eigenvalue weighted by Gasteiger charge is 2.20. The quantitative estimate of drug-likeness (QED) is 0.852. The summed E-state index contributed by atoms with van der Waals surface area (Å²) in [7, 11) is 2.15. The zero-order chi connectivity index (χ0) is 12.8. The maximum Gasteiger partial charge on any atom is 0.319 e. The fourth-order valence-electron chi connectivity index (χ4n) is 2.31. The van der Waals surface area contributed by atoms with E-state index in [1.165, 1.54) is 19.4 Å². The highest BCUT2D eigenvalue weighted by molar-refractivity contribution is 5.88. The molecule has 0 aromatic carbocycles. The second-order valence-electron chi connectivity index (χ2n) is 4.69. The first-order valence-corrected chi connectivity index (χ1v) is 6.41. The Morgan fingerprint density at radius 1 is 1.61 bits per heavy atom. The molecule has 0 bridgehead atoms. The number of likely N-dealkylation sites (tertiary alicyclic amines) is 1. The van der Waals surface area contributed by atoms with Gasteiger partial charge in [0.1, 0.15) is 0 Å². The monoisotopic (exact) mass is 248 g/mol. The minimum absolute atomic E-state index is 0.163. The van der Waals surface area contributed by atoms with Crippen LogP contribution >= 0.6 is 0 Å². The molecule has 1 saturated heterocycles. The van der Waals surface area contributed by atoms with E-state index in [-0.39, 0.29) is 6.03 Å². The molecule has 0 spiro atoms. The van der Waals surface area contributed by atoms with Gasteiger partial charge in [-0.2, -0.15) is 0 Å². The number of hydrogen-bond acceptors (Lipinski definition) is 3. The Kier molecular flexibility index (Phi) is 4.52. The van der Waals surface area contributed by atoms with Gasteiger partial charge in [-0.3, -0.25) is 4.98 Å². The van der Waals surface area contributed by atoms with E-state index in [9.17, 15) is 4.79 Å². The van der Waals surface area contributed by atoms with Crippen molar-refractivity contribution < 1.29 is 4.79 Å². The van der Waals surface area contributed by atoms with E-state index in [1.54, 1.807) is 18.5 Å². The standard InChI is InChI=1S/C13H20N4O/c1-17-9-3-5-12(17)6-8-15-13(18)16-11-4-2-7-14-10-11/h2,4,7,10,12H,3,5-6,8-9H2,1H3,(H2,15,16,18). The van der Waals surface area contributed by atoms with E-state index >= 15 is 0 Å². The molecule has 1 atom stereocenters. The van der Waals surface area contributed by atoms with Crippen LogP contribution in [0.4, 0.5) is 10.5 Å². The number of anilines is 1. The average Bonchev–Trinajstić information content (AvgIpc) is 2.76. The predicted molar refractivity (Wildman–Crippen MR) is 71.5 cm³/mol. The van der Waals surface area contributed by atoms with Gasteiger partial charge in [0, 0.05) is 18.8 Å². The van der Waals surface area contributed by atoms with E-state index in [0.717, 1.165) is 6.42 Å². The molecule has 1 aromatic rings. The molecule has 2 rings (SSSR count). The third-order valence-corrected chi connectivity index (χ3v) is 3.35. The number of nitrogens with one attached hydrogen (secondary N) is 2. The van der Waals surface area contributed by atoms with Crippen molar-refractivity contribution in [3.63, 3.8) is 0 Å². The van der Waals surface area contributed by atoms with E-state index in [0.29, 0.717) is 18.3 Å². The highest BCUT2D eigenvalue weighted by atomic mass is 16.2. The maximum absolute atomic E-state index is 11.6. The lowest BCUT2D eigenvalue weighted by atomic mass is 10.1. The molecule has 1 aliphatic rings. The van der Waals surface area contributed by atoms with Crippen LogP contribution in [0.2, 0.25) is 0 Å². The molecule has 0 radical (unpaired) electrons. The van der Waals surface area contributed by atoms with Crippen LogP contribution < -0.4 is 10.6 Å². The Morgan fingerprint density at radius 3 is 3.17 bits per heavy atom. The molecule has 2 heterocycles. The molecule has 98 valence electrons. The van der Waals surface area contributed by atoms with Crippen LogP contribution in [0.15, 0.2) is 24.5 Å². The van der Waals surface area contributed by atoms with Gasteiger partial charge in [0.05, 0.1) is 11.9 Å². The SMILES string of the molecule is CN1CCCC1CCNC(=O)Nc1cccnc1.